The number of aromatic nitrogens is 1. The number of benzene rings is 2. The van der Waals surface area contributed by atoms with Crippen molar-refractivity contribution >= 4 is 16.8 Å². The fourth-order valence-electron chi connectivity index (χ4n) is 3.23. The summed E-state index contributed by atoms with van der Waals surface area (Å²) in [5.74, 6) is 1.41. The van der Waals surface area contributed by atoms with Crippen molar-refractivity contribution in [3.63, 3.8) is 0 Å². The van der Waals surface area contributed by atoms with Crippen LogP contribution in [-0.2, 0) is 24.8 Å². The van der Waals surface area contributed by atoms with Crippen molar-refractivity contribution in [1.82, 2.24) is 9.88 Å². The minimum Gasteiger partial charge on any atom is -0.493 e. The second-order valence-corrected chi connectivity index (χ2v) is 6.70. The molecular weight excluding hydrogens is 340 g/mol. The molecule has 142 valence electrons. The molecule has 27 heavy (non-hydrogen) atoms. The Hall–Kier alpha value is -2.95. The lowest BCUT2D eigenvalue weighted by Gasteiger charge is -2.10. The maximum atomic E-state index is 12.2. The maximum absolute atomic E-state index is 12.2. The fraction of sp³-hybridized carbons (Fsp3) is 0.318. The summed E-state index contributed by atoms with van der Waals surface area (Å²) in [6.07, 6.45) is 1.09. The number of fused-ring (bicyclic) bond motifs is 1. The number of nitrogens with zero attached hydrogens (tertiary/aromatic N) is 1. The SMILES string of the molecule is COc1ccc(CCC(=O)NCc2ccc3c(c2)cc(C)n3C)cc1OC. The van der Waals surface area contributed by atoms with Gasteiger partial charge in [-0.05, 0) is 54.8 Å². The number of carbonyl (C=O) groups excluding carboxylic acids is 1. The molecule has 0 aliphatic rings. The number of rotatable bonds is 7. The van der Waals surface area contributed by atoms with Crippen molar-refractivity contribution in [3.05, 3.63) is 59.3 Å². The van der Waals surface area contributed by atoms with Crippen molar-refractivity contribution in [3.8, 4) is 11.5 Å². The van der Waals surface area contributed by atoms with Crippen LogP contribution >= 0.6 is 0 Å². The molecule has 5 heteroatoms. The molecule has 0 aliphatic heterocycles. The van der Waals surface area contributed by atoms with E-state index in [2.05, 4.69) is 48.1 Å². The van der Waals surface area contributed by atoms with E-state index in [0.717, 1.165) is 11.1 Å². The summed E-state index contributed by atoms with van der Waals surface area (Å²) in [6, 6.07) is 14.2. The topological polar surface area (TPSA) is 52.5 Å². The van der Waals surface area contributed by atoms with Gasteiger partial charge in [-0.1, -0.05) is 12.1 Å². The predicted molar refractivity (Wildman–Crippen MR) is 107 cm³/mol. The zero-order chi connectivity index (χ0) is 19.4. The van der Waals surface area contributed by atoms with E-state index in [4.69, 9.17) is 9.47 Å². The van der Waals surface area contributed by atoms with Gasteiger partial charge in [0.2, 0.25) is 5.91 Å². The second kappa shape index (κ2) is 8.16. The molecule has 0 radical (unpaired) electrons. The second-order valence-electron chi connectivity index (χ2n) is 6.70. The lowest BCUT2D eigenvalue weighted by atomic mass is 10.1. The van der Waals surface area contributed by atoms with Gasteiger partial charge in [-0.15, -0.1) is 0 Å². The molecule has 0 spiro atoms. The average molecular weight is 366 g/mol. The van der Waals surface area contributed by atoms with Crippen molar-refractivity contribution in [2.45, 2.75) is 26.3 Å². The van der Waals surface area contributed by atoms with Crippen molar-refractivity contribution in [1.29, 1.82) is 0 Å². The largest absolute Gasteiger partial charge is 0.493 e. The van der Waals surface area contributed by atoms with E-state index >= 15 is 0 Å². The molecule has 5 nitrogen and oxygen atoms in total. The van der Waals surface area contributed by atoms with E-state index in [0.29, 0.717) is 30.9 Å². The summed E-state index contributed by atoms with van der Waals surface area (Å²) < 4.78 is 12.7. The van der Waals surface area contributed by atoms with Gasteiger partial charge in [0.1, 0.15) is 0 Å². The lowest BCUT2D eigenvalue weighted by molar-refractivity contribution is -0.121. The molecular formula is C22H26N2O3. The van der Waals surface area contributed by atoms with Crippen LogP contribution in [0.15, 0.2) is 42.5 Å². The third kappa shape index (κ3) is 4.25. The van der Waals surface area contributed by atoms with Gasteiger partial charge in [0, 0.05) is 36.6 Å². The molecule has 0 atom stereocenters. The van der Waals surface area contributed by atoms with Gasteiger partial charge in [0.05, 0.1) is 14.2 Å². The number of hydrogen-bond acceptors (Lipinski definition) is 3. The highest BCUT2D eigenvalue weighted by molar-refractivity contribution is 5.82. The number of ether oxygens (including phenoxy) is 2. The summed E-state index contributed by atoms with van der Waals surface area (Å²) in [5, 5.41) is 4.21. The zero-order valence-electron chi connectivity index (χ0n) is 16.3. The molecule has 2 aromatic carbocycles. The highest BCUT2D eigenvalue weighted by Gasteiger charge is 2.08. The Morgan fingerprint density at radius 3 is 2.48 bits per heavy atom. The van der Waals surface area contributed by atoms with Gasteiger partial charge in [-0.2, -0.15) is 0 Å². The van der Waals surface area contributed by atoms with Gasteiger partial charge in [-0.3, -0.25) is 4.79 Å². The molecule has 0 saturated carbocycles. The molecule has 0 unspecified atom stereocenters. The van der Waals surface area contributed by atoms with E-state index in [9.17, 15) is 4.79 Å². The molecule has 3 rings (SSSR count). The first-order chi connectivity index (χ1) is 13.0. The molecule has 1 amide bonds. The van der Waals surface area contributed by atoms with Gasteiger partial charge in [0.25, 0.3) is 0 Å². The molecule has 1 aromatic heterocycles. The fourth-order valence-corrected chi connectivity index (χ4v) is 3.23. The molecule has 1 heterocycles. The maximum Gasteiger partial charge on any atom is 0.220 e. The van der Waals surface area contributed by atoms with Gasteiger partial charge in [-0.25, -0.2) is 0 Å². The first kappa shape index (κ1) is 18.8. The standard InChI is InChI=1S/C22H26N2O3/c1-15-11-18-12-17(5-8-19(18)24(15)2)14-23-22(25)10-7-16-6-9-20(26-3)21(13-16)27-4/h5-6,8-9,11-13H,7,10,14H2,1-4H3,(H,23,25). The van der Waals surface area contributed by atoms with Crippen LogP contribution in [0.4, 0.5) is 0 Å². The van der Waals surface area contributed by atoms with Crippen LogP contribution in [-0.4, -0.2) is 24.7 Å². The Morgan fingerprint density at radius 1 is 1.00 bits per heavy atom. The molecule has 0 saturated heterocycles. The van der Waals surface area contributed by atoms with E-state index in [1.54, 1.807) is 14.2 Å². The third-order valence-corrected chi connectivity index (χ3v) is 4.93. The summed E-state index contributed by atoms with van der Waals surface area (Å²) in [6.45, 7) is 2.63. The van der Waals surface area contributed by atoms with E-state index < -0.39 is 0 Å². The van der Waals surface area contributed by atoms with Crippen LogP contribution in [0.5, 0.6) is 11.5 Å². The minimum absolute atomic E-state index is 0.0362. The Morgan fingerprint density at radius 2 is 1.74 bits per heavy atom. The number of amides is 1. The highest BCUT2D eigenvalue weighted by atomic mass is 16.5. The smallest absolute Gasteiger partial charge is 0.220 e. The minimum atomic E-state index is 0.0362. The zero-order valence-corrected chi connectivity index (χ0v) is 16.3. The van der Waals surface area contributed by atoms with Gasteiger partial charge in [0.15, 0.2) is 11.5 Å². The summed E-state index contributed by atoms with van der Waals surface area (Å²) in [7, 11) is 5.28. The van der Waals surface area contributed by atoms with Gasteiger partial charge < -0.3 is 19.4 Å². The normalized spacial score (nSPS) is 10.8. The number of carbonyl (C=O) groups is 1. The van der Waals surface area contributed by atoms with Crippen LogP contribution in [0.1, 0.15) is 23.2 Å². The van der Waals surface area contributed by atoms with Crippen molar-refractivity contribution in [2.75, 3.05) is 14.2 Å². The van der Waals surface area contributed by atoms with Crippen LogP contribution in [0.25, 0.3) is 10.9 Å². The number of aryl methyl sites for hydroxylation is 3. The van der Waals surface area contributed by atoms with Crippen molar-refractivity contribution < 1.29 is 14.3 Å². The van der Waals surface area contributed by atoms with Gasteiger partial charge >= 0.3 is 0 Å². The van der Waals surface area contributed by atoms with Crippen LogP contribution in [0.3, 0.4) is 0 Å². The Labute approximate surface area is 159 Å². The van der Waals surface area contributed by atoms with Crippen LogP contribution in [0.2, 0.25) is 0 Å². The van der Waals surface area contributed by atoms with Crippen LogP contribution < -0.4 is 14.8 Å². The number of nitrogens with one attached hydrogen (secondary N) is 1. The average Bonchev–Trinajstić information content (AvgIpc) is 2.97. The monoisotopic (exact) mass is 366 g/mol. The first-order valence-corrected chi connectivity index (χ1v) is 9.04. The van der Waals surface area contributed by atoms with E-state index in [1.807, 2.05) is 18.2 Å². The molecule has 0 bridgehead atoms. The van der Waals surface area contributed by atoms with E-state index in [1.165, 1.54) is 16.6 Å². The number of hydrogen-bond donors (Lipinski definition) is 1. The van der Waals surface area contributed by atoms with Crippen LogP contribution in [0, 0.1) is 6.92 Å². The summed E-state index contributed by atoms with van der Waals surface area (Å²) >= 11 is 0. The highest BCUT2D eigenvalue weighted by Crippen LogP contribution is 2.28. The lowest BCUT2D eigenvalue weighted by Crippen LogP contribution is -2.22. The third-order valence-electron chi connectivity index (χ3n) is 4.93. The van der Waals surface area contributed by atoms with E-state index in [-0.39, 0.29) is 5.91 Å². The molecule has 3 aromatic rings. The molecule has 0 aliphatic carbocycles. The Balaban J connectivity index is 1.55. The summed E-state index contributed by atoms with van der Waals surface area (Å²) in [5.41, 5.74) is 4.58. The van der Waals surface area contributed by atoms with Crippen molar-refractivity contribution in [2.24, 2.45) is 7.05 Å². The molecule has 0 fully saturated rings. The predicted octanol–water partition coefficient (Wildman–Crippen LogP) is 3.75. The Bertz CT molecular complexity index is 960. The first-order valence-electron chi connectivity index (χ1n) is 9.04. The molecule has 1 N–H and O–H groups in total. The summed E-state index contributed by atoms with van der Waals surface area (Å²) in [4.78, 5) is 12.2. The Kier molecular flexibility index (Phi) is 5.69. The number of methoxy groups -OCH3 is 2. The quantitative estimate of drug-likeness (QED) is 0.693.